The second kappa shape index (κ2) is 5.15. The average Bonchev–Trinajstić information content (AvgIpc) is 1.85. The van der Waals surface area contributed by atoms with Gasteiger partial charge in [-0.1, -0.05) is 6.08 Å². The quantitative estimate of drug-likeness (QED) is 0.342. The van der Waals surface area contributed by atoms with Gasteiger partial charge in [-0.05, 0) is 6.92 Å². The van der Waals surface area contributed by atoms with Crippen molar-refractivity contribution in [1.82, 2.24) is 10.4 Å². The zero-order chi connectivity index (χ0) is 7.11. The molecule has 1 N–H and O–H groups in total. The molecule has 0 fully saturated rings. The van der Waals surface area contributed by atoms with Gasteiger partial charge in [-0.2, -0.15) is 0 Å². The van der Waals surface area contributed by atoms with Crippen LogP contribution in [0.25, 0.3) is 0 Å². The third-order valence-corrected chi connectivity index (χ3v) is 0.763. The van der Waals surface area contributed by atoms with Crippen LogP contribution in [0.5, 0.6) is 0 Å². The summed E-state index contributed by atoms with van der Waals surface area (Å²) in [5.74, 6) is 0. The van der Waals surface area contributed by atoms with Gasteiger partial charge >= 0.3 is 0 Å². The van der Waals surface area contributed by atoms with Gasteiger partial charge in [0, 0.05) is 20.3 Å². The summed E-state index contributed by atoms with van der Waals surface area (Å²) in [6, 6.07) is 0. The molecule has 0 heterocycles. The summed E-state index contributed by atoms with van der Waals surface area (Å²) in [5.41, 5.74) is 2.89. The molecule has 0 rings (SSSR count). The molecule has 0 aliphatic rings. The zero-order valence-electron chi connectivity index (χ0n) is 6.13. The maximum Gasteiger partial charge on any atom is 0.101 e. The van der Waals surface area contributed by atoms with E-state index in [1.165, 1.54) is 0 Å². The van der Waals surface area contributed by atoms with E-state index >= 15 is 0 Å². The summed E-state index contributed by atoms with van der Waals surface area (Å²) < 4.78 is 0. The Balaban J connectivity index is 3.37. The van der Waals surface area contributed by atoms with Crippen LogP contribution >= 0.6 is 0 Å². The van der Waals surface area contributed by atoms with Gasteiger partial charge in [-0.15, -0.1) is 0 Å². The Kier molecular flexibility index (Phi) is 4.59. The highest BCUT2D eigenvalue weighted by molar-refractivity contribution is 5.53. The van der Waals surface area contributed by atoms with Crippen LogP contribution in [0, 0.1) is 0 Å². The van der Waals surface area contributed by atoms with E-state index in [0.29, 0.717) is 0 Å². The van der Waals surface area contributed by atoms with Crippen LogP contribution < -0.4 is 5.43 Å². The van der Waals surface area contributed by atoms with Gasteiger partial charge in [-0.3, -0.25) is 15.4 Å². The number of hydrazine groups is 1. The number of aliphatic imine (C=N–C) groups is 1. The summed E-state index contributed by atoms with van der Waals surface area (Å²) >= 11 is 0. The van der Waals surface area contributed by atoms with Crippen molar-refractivity contribution in [3.05, 3.63) is 12.3 Å². The van der Waals surface area contributed by atoms with Crippen molar-refractivity contribution in [2.75, 3.05) is 14.1 Å². The molecule has 0 aromatic carbocycles. The first-order valence-electron chi connectivity index (χ1n) is 2.83. The van der Waals surface area contributed by atoms with E-state index in [4.69, 9.17) is 0 Å². The molecule has 0 radical (unpaired) electrons. The second-order valence-corrected chi connectivity index (χ2v) is 1.61. The lowest BCUT2D eigenvalue weighted by molar-refractivity contribution is 0.414. The van der Waals surface area contributed by atoms with E-state index in [-0.39, 0.29) is 0 Å². The largest absolute Gasteiger partial charge is 0.298 e. The molecule has 9 heavy (non-hydrogen) atoms. The molecular weight excluding hydrogens is 114 g/mol. The minimum atomic E-state index is 1.62. The predicted octanol–water partition coefficient (Wildman–Crippen LogP) is 0.614. The first kappa shape index (κ1) is 8.01. The number of rotatable bonds is 3. The molecular formula is C6H13N3. The predicted molar refractivity (Wildman–Crippen MR) is 40.1 cm³/mol. The van der Waals surface area contributed by atoms with Crippen molar-refractivity contribution in [3.8, 4) is 0 Å². The molecule has 0 unspecified atom stereocenters. The second-order valence-electron chi connectivity index (χ2n) is 1.61. The van der Waals surface area contributed by atoms with Crippen LogP contribution in [-0.4, -0.2) is 25.4 Å². The van der Waals surface area contributed by atoms with E-state index in [0.717, 1.165) is 0 Å². The molecule has 0 aliphatic carbocycles. The molecule has 0 amide bonds. The van der Waals surface area contributed by atoms with Gasteiger partial charge < -0.3 is 0 Å². The minimum Gasteiger partial charge on any atom is -0.298 e. The lowest BCUT2D eigenvalue weighted by atomic mass is 10.7. The number of nitrogens with zero attached hydrogens (tertiary/aromatic N) is 2. The molecule has 3 heteroatoms. The molecule has 0 saturated heterocycles. The summed E-state index contributed by atoms with van der Waals surface area (Å²) in [6.45, 7) is 1.96. The molecule has 0 atom stereocenters. The Bertz CT molecular complexity index is 107. The smallest absolute Gasteiger partial charge is 0.101 e. The summed E-state index contributed by atoms with van der Waals surface area (Å²) in [6.07, 6.45) is 5.47. The monoisotopic (exact) mass is 127 g/mol. The topological polar surface area (TPSA) is 27.6 Å². The standard InChI is InChI=1S/C6H13N3/c1-4-5-9(3)8-6-7-2/h4-6H,1-3H3,(H,7,8)/b5-4+. The fraction of sp³-hybridized carbons (Fsp3) is 0.500. The molecule has 0 spiro atoms. The van der Waals surface area contributed by atoms with E-state index in [2.05, 4.69) is 10.4 Å². The van der Waals surface area contributed by atoms with Gasteiger partial charge in [0.1, 0.15) is 6.34 Å². The number of nitrogens with one attached hydrogen (secondary N) is 1. The molecule has 0 aromatic heterocycles. The molecule has 0 aliphatic heterocycles. The Labute approximate surface area is 56.0 Å². The van der Waals surface area contributed by atoms with Crippen LogP contribution in [0.15, 0.2) is 17.3 Å². The minimum absolute atomic E-state index is 1.62. The van der Waals surface area contributed by atoms with Crippen LogP contribution in [0.3, 0.4) is 0 Å². The van der Waals surface area contributed by atoms with Crippen molar-refractivity contribution in [2.45, 2.75) is 6.92 Å². The van der Waals surface area contributed by atoms with Crippen molar-refractivity contribution >= 4 is 6.34 Å². The SMILES string of the molecule is C/C=C/N(C)NC=NC. The zero-order valence-corrected chi connectivity index (χ0v) is 6.13. The Morgan fingerprint density at radius 1 is 1.56 bits per heavy atom. The van der Waals surface area contributed by atoms with E-state index < -0.39 is 0 Å². The van der Waals surface area contributed by atoms with Crippen molar-refractivity contribution in [2.24, 2.45) is 4.99 Å². The third-order valence-electron chi connectivity index (χ3n) is 0.763. The maximum atomic E-state index is 3.75. The molecule has 0 bridgehead atoms. The van der Waals surface area contributed by atoms with Crippen molar-refractivity contribution in [1.29, 1.82) is 0 Å². The Morgan fingerprint density at radius 3 is 2.67 bits per heavy atom. The molecule has 52 valence electrons. The third kappa shape index (κ3) is 4.87. The highest BCUT2D eigenvalue weighted by Crippen LogP contribution is 1.73. The summed E-state index contributed by atoms with van der Waals surface area (Å²) in [4.78, 5) is 3.75. The molecule has 3 nitrogen and oxygen atoms in total. The summed E-state index contributed by atoms with van der Waals surface area (Å²) in [5, 5.41) is 1.81. The Hall–Kier alpha value is -0.990. The number of allylic oxidation sites excluding steroid dienone is 1. The summed E-state index contributed by atoms with van der Waals surface area (Å²) in [7, 11) is 3.62. The number of hydrogen-bond acceptors (Lipinski definition) is 2. The van der Waals surface area contributed by atoms with Gasteiger partial charge in [-0.25, -0.2) is 0 Å². The fourth-order valence-electron chi connectivity index (χ4n) is 0.415. The average molecular weight is 127 g/mol. The van der Waals surface area contributed by atoms with Crippen LogP contribution in [-0.2, 0) is 0 Å². The van der Waals surface area contributed by atoms with Gasteiger partial charge in [0.05, 0.1) is 0 Å². The van der Waals surface area contributed by atoms with Crippen LogP contribution in [0.2, 0.25) is 0 Å². The van der Waals surface area contributed by atoms with E-state index in [1.54, 1.807) is 13.4 Å². The normalized spacial score (nSPS) is 11.0. The van der Waals surface area contributed by atoms with Gasteiger partial charge in [0.2, 0.25) is 0 Å². The van der Waals surface area contributed by atoms with E-state index in [1.807, 2.05) is 31.3 Å². The maximum absolute atomic E-state index is 3.75. The lowest BCUT2D eigenvalue weighted by Gasteiger charge is -2.11. The van der Waals surface area contributed by atoms with Gasteiger partial charge in [0.15, 0.2) is 0 Å². The van der Waals surface area contributed by atoms with Crippen LogP contribution in [0.4, 0.5) is 0 Å². The lowest BCUT2D eigenvalue weighted by Crippen LogP contribution is -2.27. The van der Waals surface area contributed by atoms with Crippen molar-refractivity contribution in [3.63, 3.8) is 0 Å². The Morgan fingerprint density at radius 2 is 2.22 bits per heavy atom. The van der Waals surface area contributed by atoms with Crippen molar-refractivity contribution < 1.29 is 0 Å². The molecule has 0 saturated carbocycles. The molecule has 0 aromatic rings. The first-order chi connectivity index (χ1) is 4.31. The van der Waals surface area contributed by atoms with Gasteiger partial charge in [0.25, 0.3) is 0 Å². The first-order valence-corrected chi connectivity index (χ1v) is 2.83. The number of hydrogen-bond donors (Lipinski definition) is 1. The fourth-order valence-corrected chi connectivity index (χ4v) is 0.415. The highest BCUT2D eigenvalue weighted by atomic mass is 15.5. The van der Waals surface area contributed by atoms with Crippen LogP contribution in [0.1, 0.15) is 6.92 Å². The van der Waals surface area contributed by atoms with E-state index in [9.17, 15) is 0 Å². The highest BCUT2D eigenvalue weighted by Gasteiger charge is 1.78.